The number of rotatable bonds is 2. The molecule has 2 aliphatic heterocycles. The van der Waals surface area contributed by atoms with Gasteiger partial charge in [0.2, 0.25) is 5.95 Å². The third-order valence-corrected chi connectivity index (χ3v) is 5.42. The number of halogens is 1. The average Bonchev–Trinajstić information content (AvgIpc) is 3.01. The van der Waals surface area contributed by atoms with Crippen LogP contribution in [0.15, 0.2) is 18.3 Å². The second kappa shape index (κ2) is 6.35. The summed E-state index contributed by atoms with van der Waals surface area (Å²) in [5.41, 5.74) is 7.57. The van der Waals surface area contributed by atoms with E-state index in [9.17, 15) is 0 Å². The summed E-state index contributed by atoms with van der Waals surface area (Å²) in [7, 11) is 0. The number of anilines is 2. The molecule has 128 valence electrons. The van der Waals surface area contributed by atoms with Gasteiger partial charge in [-0.05, 0) is 18.1 Å². The molecular formula is C17H22ClN5O. The van der Waals surface area contributed by atoms with Gasteiger partial charge in [0.15, 0.2) is 0 Å². The molecule has 0 spiro atoms. The second-order valence-corrected chi connectivity index (χ2v) is 7.10. The molecular weight excluding hydrogens is 326 g/mol. The lowest BCUT2D eigenvalue weighted by Gasteiger charge is -2.40. The summed E-state index contributed by atoms with van der Waals surface area (Å²) >= 11 is 6.50. The van der Waals surface area contributed by atoms with Crippen molar-refractivity contribution in [2.24, 2.45) is 5.92 Å². The maximum Gasteiger partial charge on any atom is 0.220 e. The highest BCUT2D eigenvalue weighted by atomic mass is 35.5. The normalized spacial score (nSPS) is 25.5. The first-order chi connectivity index (χ1) is 11.6. The van der Waals surface area contributed by atoms with Gasteiger partial charge in [0.05, 0.1) is 29.4 Å². The molecule has 2 fully saturated rings. The summed E-state index contributed by atoms with van der Waals surface area (Å²) < 4.78 is 5.61. The van der Waals surface area contributed by atoms with Crippen LogP contribution in [0.3, 0.4) is 0 Å². The lowest BCUT2D eigenvalue weighted by atomic mass is 10.0. The number of nitrogens with zero attached hydrogens (tertiary/aromatic N) is 4. The van der Waals surface area contributed by atoms with Gasteiger partial charge in [-0.3, -0.25) is 4.90 Å². The van der Waals surface area contributed by atoms with E-state index in [2.05, 4.69) is 26.7 Å². The Hall–Kier alpha value is -1.63. The zero-order chi connectivity index (χ0) is 16.7. The number of hydrogen-bond acceptors (Lipinski definition) is 6. The van der Waals surface area contributed by atoms with Crippen LogP contribution in [0.25, 0.3) is 10.9 Å². The maximum atomic E-state index is 6.50. The molecule has 2 aromatic rings. The van der Waals surface area contributed by atoms with Crippen LogP contribution in [0.5, 0.6) is 0 Å². The summed E-state index contributed by atoms with van der Waals surface area (Å²) in [6.07, 6.45) is 1.72. The van der Waals surface area contributed by atoms with Gasteiger partial charge in [0.25, 0.3) is 0 Å². The number of piperazine rings is 1. The largest absolute Gasteiger partial charge is 0.379 e. The molecule has 1 aromatic heterocycles. The van der Waals surface area contributed by atoms with E-state index in [1.807, 2.05) is 12.1 Å². The monoisotopic (exact) mass is 347 g/mol. The molecule has 2 unspecified atom stereocenters. The molecule has 2 atom stereocenters. The molecule has 0 radical (unpaired) electrons. The Kier molecular flexibility index (Phi) is 4.20. The van der Waals surface area contributed by atoms with Gasteiger partial charge in [-0.15, -0.1) is 0 Å². The van der Waals surface area contributed by atoms with Gasteiger partial charge in [-0.2, -0.15) is 0 Å². The van der Waals surface area contributed by atoms with Crippen LogP contribution in [0, 0.1) is 5.92 Å². The molecule has 2 saturated heterocycles. The fraction of sp³-hybridized carbons (Fsp3) is 0.529. The smallest absolute Gasteiger partial charge is 0.220 e. The van der Waals surface area contributed by atoms with Crippen molar-refractivity contribution >= 4 is 34.1 Å². The Morgan fingerprint density at radius 2 is 2.00 bits per heavy atom. The van der Waals surface area contributed by atoms with Crippen LogP contribution < -0.4 is 10.6 Å². The molecule has 0 amide bonds. The average molecular weight is 348 g/mol. The summed E-state index contributed by atoms with van der Waals surface area (Å²) in [4.78, 5) is 13.2. The van der Waals surface area contributed by atoms with Crippen molar-refractivity contribution in [1.82, 2.24) is 14.9 Å². The lowest BCUT2D eigenvalue weighted by Crippen LogP contribution is -2.52. The van der Waals surface area contributed by atoms with Crippen LogP contribution in [-0.2, 0) is 4.74 Å². The van der Waals surface area contributed by atoms with Gasteiger partial charge >= 0.3 is 0 Å². The highest BCUT2D eigenvalue weighted by Crippen LogP contribution is 2.31. The predicted octanol–water partition coefficient (Wildman–Crippen LogP) is 2.02. The van der Waals surface area contributed by atoms with Crippen molar-refractivity contribution in [1.29, 1.82) is 0 Å². The van der Waals surface area contributed by atoms with Crippen LogP contribution in [0.2, 0.25) is 5.02 Å². The van der Waals surface area contributed by atoms with Gasteiger partial charge < -0.3 is 15.4 Å². The molecule has 3 heterocycles. The maximum absolute atomic E-state index is 6.50. The highest BCUT2D eigenvalue weighted by Gasteiger charge is 2.32. The number of aromatic nitrogens is 2. The van der Waals surface area contributed by atoms with Gasteiger partial charge in [0.1, 0.15) is 0 Å². The van der Waals surface area contributed by atoms with Gasteiger partial charge in [0, 0.05) is 43.8 Å². The van der Waals surface area contributed by atoms with Crippen molar-refractivity contribution < 1.29 is 4.74 Å². The Labute approximate surface area is 146 Å². The first-order valence-corrected chi connectivity index (χ1v) is 8.78. The van der Waals surface area contributed by atoms with Crippen LogP contribution in [0.1, 0.15) is 6.92 Å². The molecule has 7 heteroatoms. The molecule has 0 bridgehead atoms. The van der Waals surface area contributed by atoms with E-state index >= 15 is 0 Å². The SMILES string of the molecule is CC1COCC1N1CCN(c2cc3nc(N)ncc3cc2Cl)CC1. The van der Waals surface area contributed by atoms with Crippen LogP contribution >= 0.6 is 11.6 Å². The number of ether oxygens (including phenoxy) is 1. The van der Waals surface area contributed by atoms with E-state index in [0.717, 1.165) is 61.0 Å². The van der Waals surface area contributed by atoms with Gasteiger partial charge in [-0.25, -0.2) is 9.97 Å². The summed E-state index contributed by atoms with van der Waals surface area (Å²) in [5, 5.41) is 1.65. The number of benzene rings is 1. The van der Waals surface area contributed by atoms with Crippen molar-refractivity contribution in [3.05, 3.63) is 23.4 Å². The van der Waals surface area contributed by atoms with Crippen molar-refractivity contribution in [3.8, 4) is 0 Å². The molecule has 1 aromatic carbocycles. The fourth-order valence-electron chi connectivity index (χ4n) is 3.71. The lowest BCUT2D eigenvalue weighted by molar-refractivity contribution is 0.136. The summed E-state index contributed by atoms with van der Waals surface area (Å²) in [5.74, 6) is 0.899. The minimum absolute atomic E-state index is 0.288. The number of hydrogen-bond donors (Lipinski definition) is 1. The Bertz CT molecular complexity index is 747. The Balaban J connectivity index is 1.52. The minimum atomic E-state index is 0.288. The Morgan fingerprint density at radius 1 is 1.21 bits per heavy atom. The number of nitrogens with two attached hydrogens (primary N) is 1. The van der Waals surface area contributed by atoms with Crippen molar-refractivity contribution in [3.63, 3.8) is 0 Å². The van der Waals surface area contributed by atoms with E-state index in [-0.39, 0.29) is 5.95 Å². The number of nitrogen functional groups attached to an aromatic ring is 1. The minimum Gasteiger partial charge on any atom is -0.379 e. The van der Waals surface area contributed by atoms with E-state index in [1.54, 1.807) is 6.20 Å². The quantitative estimate of drug-likeness (QED) is 0.896. The zero-order valence-corrected chi connectivity index (χ0v) is 14.5. The van der Waals surface area contributed by atoms with E-state index < -0.39 is 0 Å². The van der Waals surface area contributed by atoms with Gasteiger partial charge in [-0.1, -0.05) is 18.5 Å². The molecule has 0 saturated carbocycles. The standard InChI is InChI=1S/C17H22ClN5O/c1-11-9-24-10-16(11)23-4-2-22(3-5-23)15-7-14-12(6-13(15)18)8-20-17(19)21-14/h6-8,11,16H,2-5,9-10H2,1H3,(H2,19,20,21). The zero-order valence-electron chi connectivity index (χ0n) is 13.8. The topological polar surface area (TPSA) is 67.5 Å². The predicted molar refractivity (Wildman–Crippen MR) is 96.5 cm³/mol. The first kappa shape index (κ1) is 15.9. The molecule has 2 N–H and O–H groups in total. The third-order valence-electron chi connectivity index (χ3n) is 5.12. The fourth-order valence-corrected chi connectivity index (χ4v) is 4.00. The molecule has 2 aliphatic rings. The summed E-state index contributed by atoms with van der Waals surface area (Å²) in [6, 6.07) is 4.49. The van der Waals surface area contributed by atoms with E-state index in [0.29, 0.717) is 12.0 Å². The van der Waals surface area contributed by atoms with E-state index in [1.165, 1.54) is 0 Å². The molecule has 0 aliphatic carbocycles. The second-order valence-electron chi connectivity index (χ2n) is 6.70. The highest BCUT2D eigenvalue weighted by molar-refractivity contribution is 6.34. The number of fused-ring (bicyclic) bond motifs is 1. The molecule has 6 nitrogen and oxygen atoms in total. The first-order valence-electron chi connectivity index (χ1n) is 8.40. The molecule has 24 heavy (non-hydrogen) atoms. The van der Waals surface area contributed by atoms with Crippen LogP contribution in [-0.4, -0.2) is 60.3 Å². The summed E-state index contributed by atoms with van der Waals surface area (Å²) in [6.45, 7) is 7.96. The van der Waals surface area contributed by atoms with E-state index in [4.69, 9.17) is 22.1 Å². The molecule has 4 rings (SSSR count). The van der Waals surface area contributed by atoms with Crippen molar-refractivity contribution in [2.75, 3.05) is 50.0 Å². The third kappa shape index (κ3) is 2.90. The Morgan fingerprint density at radius 3 is 2.71 bits per heavy atom. The van der Waals surface area contributed by atoms with Crippen LogP contribution in [0.4, 0.5) is 11.6 Å². The van der Waals surface area contributed by atoms with Crippen molar-refractivity contribution in [2.45, 2.75) is 13.0 Å².